The number of hydrogen-bond acceptors (Lipinski definition) is 3. The van der Waals surface area contributed by atoms with Gasteiger partial charge in [-0.25, -0.2) is 0 Å². The molecule has 0 aliphatic heterocycles. The van der Waals surface area contributed by atoms with Crippen LogP contribution < -0.4 is 18.9 Å². The van der Waals surface area contributed by atoms with Crippen LogP contribution >= 0.6 is 11.3 Å². The molecule has 0 fully saturated rings. The van der Waals surface area contributed by atoms with Crippen molar-refractivity contribution < 1.29 is 28.4 Å². The third kappa shape index (κ3) is 4.52. The molecule has 1 heterocycles. The van der Waals surface area contributed by atoms with Gasteiger partial charge in [0.25, 0.3) is 5.97 Å². The summed E-state index contributed by atoms with van der Waals surface area (Å²) in [5.41, 5.74) is -0.416. The first-order valence-electron chi connectivity index (χ1n) is 3.68. The molecule has 0 saturated heterocycles. The Balaban J connectivity index is 0.00000144. The third-order valence-corrected chi connectivity index (χ3v) is 1.85. The molecule has 0 atom stereocenters. The van der Waals surface area contributed by atoms with Crippen LogP contribution in [-0.4, -0.2) is 11.6 Å². The molecule has 1 aromatic heterocycles. The molecule has 66 valence electrons. The van der Waals surface area contributed by atoms with E-state index >= 15 is 0 Å². The number of esters is 1. The fourth-order valence-corrected chi connectivity index (χ4v) is 1.20. The molecule has 0 N–H and O–H groups in total. The number of carbonyl (C=O) groups is 1. The van der Waals surface area contributed by atoms with Gasteiger partial charge in [0.15, 0.2) is 0 Å². The van der Waals surface area contributed by atoms with Gasteiger partial charge in [0, 0.05) is 0 Å². The maximum atomic E-state index is 11.3. The summed E-state index contributed by atoms with van der Waals surface area (Å²) in [5.74, 6) is -0.270. The summed E-state index contributed by atoms with van der Waals surface area (Å²) >= 11 is 1.27. The van der Waals surface area contributed by atoms with Crippen molar-refractivity contribution in [2.24, 2.45) is 0 Å². The molecule has 1 aromatic rings. The second kappa shape index (κ2) is 4.85. The molecule has 0 unspecified atom stereocenters. The fraction of sp³-hybridized carbons (Fsp3) is 0.444. The Hall–Kier alpha value is -0.233. The maximum Gasteiger partial charge on any atom is 1.00 e. The molecule has 0 amide bonds. The first kappa shape index (κ1) is 12.8. The number of rotatable bonds is 1. The van der Waals surface area contributed by atoms with Gasteiger partial charge >= 0.3 is 18.9 Å². The molecule has 13 heavy (non-hydrogen) atoms. The van der Waals surface area contributed by atoms with Crippen molar-refractivity contribution in [3.05, 3.63) is 22.4 Å². The third-order valence-electron chi connectivity index (χ3n) is 1.07. The van der Waals surface area contributed by atoms with E-state index in [2.05, 4.69) is 5.38 Å². The van der Waals surface area contributed by atoms with E-state index in [0.717, 1.165) is 0 Å². The van der Waals surface area contributed by atoms with Crippen molar-refractivity contribution >= 4 is 17.3 Å². The van der Waals surface area contributed by atoms with Crippen LogP contribution in [0.5, 0.6) is 0 Å². The molecule has 2 nitrogen and oxygen atoms in total. The topological polar surface area (TPSA) is 26.3 Å². The Morgan fingerprint density at radius 3 is 2.54 bits per heavy atom. The van der Waals surface area contributed by atoms with Crippen LogP contribution in [0, 0.1) is 5.38 Å². The molecule has 0 bridgehead atoms. The molecular formula is C9H11LiO2S. The molecule has 0 saturated carbocycles. The number of thiophene rings is 1. The van der Waals surface area contributed by atoms with Crippen molar-refractivity contribution in [2.45, 2.75) is 26.4 Å². The zero-order valence-corrected chi connectivity index (χ0v) is 9.20. The second-order valence-corrected chi connectivity index (χ2v) is 4.30. The zero-order valence-electron chi connectivity index (χ0n) is 8.38. The van der Waals surface area contributed by atoms with E-state index in [0.29, 0.717) is 4.88 Å². The number of ether oxygens (including phenoxy) is 1. The van der Waals surface area contributed by atoms with Gasteiger partial charge in [-0.3, -0.25) is 16.1 Å². The maximum absolute atomic E-state index is 11.3. The van der Waals surface area contributed by atoms with Crippen molar-refractivity contribution in [1.82, 2.24) is 0 Å². The summed E-state index contributed by atoms with van der Waals surface area (Å²) in [6.45, 7) is 5.55. The second-order valence-electron chi connectivity index (χ2n) is 3.42. The van der Waals surface area contributed by atoms with Gasteiger partial charge in [-0.05, 0) is 25.6 Å². The van der Waals surface area contributed by atoms with Gasteiger partial charge in [0.1, 0.15) is 5.60 Å². The van der Waals surface area contributed by atoms with Crippen LogP contribution in [0.25, 0.3) is 0 Å². The summed E-state index contributed by atoms with van der Waals surface area (Å²) in [6.07, 6.45) is 0. The van der Waals surface area contributed by atoms with Crippen molar-refractivity contribution in [2.75, 3.05) is 0 Å². The quantitative estimate of drug-likeness (QED) is 0.339. The minimum atomic E-state index is -0.416. The van der Waals surface area contributed by atoms with Crippen LogP contribution in [0.1, 0.15) is 30.4 Å². The monoisotopic (exact) mass is 190 g/mol. The molecule has 0 spiro atoms. The average Bonchev–Trinajstić information content (AvgIpc) is 2.32. The molecule has 4 heteroatoms. The van der Waals surface area contributed by atoms with Gasteiger partial charge in [-0.1, -0.05) is 0 Å². The van der Waals surface area contributed by atoms with E-state index in [1.54, 1.807) is 12.1 Å². The van der Waals surface area contributed by atoms with E-state index in [9.17, 15) is 4.79 Å². The van der Waals surface area contributed by atoms with Gasteiger partial charge in [0.05, 0.1) is 0 Å². The number of hydrogen-bond donors (Lipinski definition) is 0. The van der Waals surface area contributed by atoms with E-state index in [4.69, 9.17) is 4.74 Å². The van der Waals surface area contributed by atoms with Crippen molar-refractivity contribution in [3.8, 4) is 0 Å². The number of carbonyl (C=O) groups excluding carboxylic acids is 1. The van der Waals surface area contributed by atoms with Crippen LogP contribution in [0.2, 0.25) is 0 Å². The normalized spacial score (nSPS) is 10.4. The Morgan fingerprint density at radius 1 is 1.54 bits per heavy atom. The van der Waals surface area contributed by atoms with Gasteiger partial charge < -0.3 is 4.74 Å². The predicted molar refractivity (Wildman–Crippen MR) is 48.3 cm³/mol. The van der Waals surface area contributed by atoms with Gasteiger partial charge in [-0.15, -0.1) is 5.38 Å². The minimum Gasteiger partial charge on any atom is -0.466 e. The fourth-order valence-electron chi connectivity index (χ4n) is 0.679. The van der Waals surface area contributed by atoms with E-state index in [1.165, 1.54) is 11.3 Å². The Bertz CT molecular complexity index is 262. The van der Waals surface area contributed by atoms with Crippen LogP contribution in [-0.2, 0) is 4.74 Å². The largest absolute Gasteiger partial charge is 1.00 e. The molecule has 0 aliphatic carbocycles. The minimum absolute atomic E-state index is 0. The van der Waals surface area contributed by atoms with E-state index in [-0.39, 0.29) is 24.8 Å². The average molecular weight is 190 g/mol. The summed E-state index contributed by atoms with van der Waals surface area (Å²) in [4.78, 5) is 11.9. The smallest absolute Gasteiger partial charge is 0.466 e. The SMILES string of the molecule is CC(C)(C)OC(=O)c1cc[c-]s1.[Li+]. The molecule has 1 rings (SSSR count). The van der Waals surface area contributed by atoms with Crippen LogP contribution in [0.15, 0.2) is 12.1 Å². The zero-order chi connectivity index (χ0) is 9.19. The van der Waals surface area contributed by atoms with Crippen LogP contribution in [0.4, 0.5) is 0 Å². The summed E-state index contributed by atoms with van der Waals surface area (Å²) in [5, 5.41) is 2.84. The van der Waals surface area contributed by atoms with Crippen molar-refractivity contribution in [1.29, 1.82) is 0 Å². The van der Waals surface area contributed by atoms with Crippen molar-refractivity contribution in [3.63, 3.8) is 0 Å². The summed E-state index contributed by atoms with van der Waals surface area (Å²) in [6, 6.07) is 3.42. The molecule has 0 aliphatic rings. The van der Waals surface area contributed by atoms with E-state index in [1.807, 2.05) is 20.8 Å². The van der Waals surface area contributed by atoms with Crippen LogP contribution in [0.3, 0.4) is 0 Å². The Morgan fingerprint density at radius 2 is 2.15 bits per heavy atom. The molecular weight excluding hydrogens is 179 g/mol. The van der Waals surface area contributed by atoms with E-state index < -0.39 is 5.60 Å². The Labute approximate surface area is 94.5 Å². The summed E-state index contributed by atoms with van der Waals surface area (Å²) < 4.78 is 5.13. The predicted octanol–water partition coefficient (Wildman–Crippen LogP) is -0.492. The molecule has 0 radical (unpaired) electrons. The standard InChI is InChI=1S/C9H11O2S.Li/c1-9(2,3)11-8(10)7-5-4-6-12-7;/h4-5H,1-3H3;/q-1;+1. The summed E-state index contributed by atoms with van der Waals surface area (Å²) in [7, 11) is 0. The Kier molecular flexibility index (Phi) is 4.77. The first-order chi connectivity index (χ1) is 5.49. The molecule has 0 aromatic carbocycles. The van der Waals surface area contributed by atoms with Gasteiger partial charge in [-0.2, -0.15) is 12.1 Å². The van der Waals surface area contributed by atoms with Gasteiger partial charge in [0.2, 0.25) is 0 Å². The first-order valence-corrected chi connectivity index (χ1v) is 4.50.